The SMILES string of the molecule is N#Cc1ccc(N2CCC(OCC(=O)O)CC2)cc1Cl. The van der Waals surface area contributed by atoms with Crippen molar-refractivity contribution < 1.29 is 14.6 Å². The summed E-state index contributed by atoms with van der Waals surface area (Å²) in [5.74, 6) is -0.939. The number of hydrogen-bond donors (Lipinski definition) is 1. The van der Waals surface area contributed by atoms with Crippen LogP contribution in [-0.2, 0) is 9.53 Å². The Morgan fingerprint density at radius 2 is 2.20 bits per heavy atom. The van der Waals surface area contributed by atoms with Crippen molar-refractivity contribution in [2.45, 2.75) is 18.9 Å². The number of ether oxygens (including phenoxy) is 1. The van der Waals surface area contributed by atoms with Gasteiger partial charge in [0.1, 0.15) is 12.7 Å². The first-order valence-corrected chi connectivity index (χ1v) is 6.76. The van der Waals surface area contributed by atoms with Crippen LogP contribution in [0.4, 0.5) is 5.69 Å². The summed E-state index contributed by atoms with van der Waals surface area (Å²) in [6.45, 7) is 1.33. The lowest BCUT2D eigenvalue weighted by Gasteiger charge is -2.33. The van der Waals surface area contributed by atoms with Crippen LogP contribution < -0.4 is 4.90 Å². The molecular weight excluding hydrogens is 280 g/mol. The van der Waals surface area contributed by atoms with Gasteiger partial charge in [-0.1, -0.05) is 11.6 Å². The first kappa shape index (κ1) is 14.6. The Morgan fingerprint density at radius 1 is 1.50 bits per heavy atom. The summed E-state index contributed by atoms with van der Waals surface area (Å²) in [4.78, 5) is 12.6. The fourth-order valence-electron chi connectivity index (χ4n) is 2.26. The molecule has 0 radical (unpaired) electrons. The van der Waals surface area contributed by atoms with E-state index in [0.717, 1.165) is 31.6 Å². The number of nitriles is 1. The van der Waals surface area contributed by atoms with Gasteiger partial charge in [0, 0.05) is 18.8 Å². The Kier molecular flexibility index (Phi) is 4.83. The standard InChI is InChI=1S/C14H15ClN2O3/c15-13-7-11(2-1-10(13)8-16)17-5-3-12(4-6-17)20-9-14(18)19/h1-2,7,12H,3-6,9H2,(H,18,19). The van der Waals surface area contributed by atoms with Crippen LogP contribution in [0.1, 0.15) is 18.4 Å². The van der Waals surface area contributed by atoms with Crippen LogP contribution in [0.2, 0.25) is 5.02 Å². The average Bonchev–Trinajstić information content (AvgIpc) is 2.45. The van der Waals surface area contributed by atoms with Gasteiger partial charge in [-0.3, -0.25) is 0 Å². The molecule has 0 spiro atoms. The second-order valence-electron chi connectivity index (χ2n) is 4.67. The number of carbonyl (C=O) groups is 1. The molecule has 1 aliphatic heterocycles. The molecule has 0 unspecified atom stereocenters. The molecule has 1 aliphatic rings. The van der Waals surface area contributed by atoms with Gasteiger partial charge in [0.15, 0.2) is 0 Å². The fourth-order valence-corrected chi connectivity index (χ4v) is 2.48. The summed E-state index contributed by atoms with van der Waals surface area (Å²) >= 11 is 6.02. The Bertz CT molecular complexity index is 534. The van der Waals surface area contributed by atoms with E-state index in [0.29, 0.717) is 10.6 Å². The molecule has 1 fully saturated rings. The molecule has 20 heavy (non-hydrogen) atoms. The van der Waals surface area contributed by atoms with Gasteiger partial charge in [-0.15, -0.1) is 0 Å². The van der Waals surface area contributed by atoms with Gasteiger partial charge in [-0.25, -0.2) is 4.79 Å². The van der Waals surface area contributed by atoms with Crippen LogP contribution in [0.3, 0.4) is 0 Å². The molecule has 1 saturated heterocycles. The van der Waals surface area contributed by atoms with Gasteiger partial charge < -0.3 is 14.7 Å². The summed E-state index contributed by atoms with van der Waals surface area (Å²) < 4.78 is 5.29. The molecule has 5 nitrogen and oxygen atoms in total. The van der Waals surface area contributed by atoms with Crippen LogP contribution >= 0.6 is 11.6 Å². The Morgan fingerprint density at radius 3 is 2.75 bits per heavy atom. The molecule has 0 saturated carbocycles. The van der Waals surface area contributed by atoms with Crippen molar-refractivity contribution in [2.24, 2.45) is 0 Å². The van der Waals surface area contributed by atoms with E-state index < -0.39 is 5.97 Å². The Hall–Kier alpha value is -1.77. The Labute approximate surface area is 122 Å². The normalized spacial score (nSPS) is 15.9. The summed E-state index contributed by atoms with van der Waals surface area (Å²) in [5.41, 5.74) is 1.45. The lowest BCUT2D eigenvalue weighted by Crippen LogP contribution is -2.37. The monoisotopic (exact) mass is 294 g/mol. The maximum absolute atomic E-state index is 10.4. The van der Waals surface area contributed by atoms with E-state index >= 15 is 0 Å². The summed E-state index contributed by atoms with van der Waals surface area (Å²) in [5, 5.41) is 17.9. The number of piperidine rings is 1. The van der Waals surface area contributed by atoms with Crippen LogP contribution in [0, 0.1) is 11.3 Å². The second kappa shape index (κ2) is 6.60. The van der Waals surface area contributed by atoms with Crippen molar-refractivity contribution in [2.75, 3.05) is 24.6 Å². The van der Waals surface area contributed by atoms with E-state index in [4.69, 9.17) is 26.7 Å². The summed E-state index contributed by atoms with van der Waals surface area (Å²) in [7, 11) is 0. The van der Waals surface area contributed by atoms with E-state index in [2.05, 4.69) is 4.90 Å². The molecule has 0 amide bonds. The van der Waals surface area contributed by atoms with Crippen molar-refractivity contribution >= 4 is 23.3 Å². The smallest absolute Gasteiger partial charge is 0.329 e. The summed E-state index contributed by atoms with van der Waals surface area (Å²) in [6.07, 6.45) is 1.56. The molecule has 1 aromatic carbocycles. The van der Waals surface area contributed by atoms with Crippen LogP contribution in [0.5, 0.6) is 0 Å². The molecule has 0 aromatic heterocycles. The van der Waals surface area contributed by atoms with Gasteiger partial charge in [0.05, 0.1) is 16.7 Å². The Balaban J connectivity index is 1.92. The highest BCUT2D eigenvalue weighted by Gasteiger charge is 2.21. The zero-order valence-corrected chi connectivity index (χ0v) is 11.6. The molecule has 0 bridgehead atoms. The zero-order valence-electron chi connectivity index (χ0n) is 10.9. The maximum atomic E-state index is 10.4. The number of rotatable bonds is 4. The highest BCUT2D eigenvalue weighted by atomic mass is 35.5. The van der Waals surface area contributed by atoms with Crippen molar-refractivity contribution in [3.8, 4) is 6.07 Å². The number of anilines is 1. The van der Waals surface area contributed by atoms with Gasteiger partial charge in [-0.2, -0.15) is 5.26 Å². The highest BCUT2D eigenvalue weighted by Crippen LogP contribution is 2.26. The molecule has 6 heteroatoms. The van der Waals surface area contributed by atoms with Gasteiger partial charge in [-0.05, 0) is 31.0 Å². The molecule has 106 valence electrons. The quantitative estimate of drug-likeness (QED) is 0.922. The summed E-state index contributed by atoms with van der Waals surface area (Å²) in [6, 6.07) is 7.41. The lowest BCUT2D eigenvalue weighted by atomic mass is 10.1. The lowest BCUT2D eigenvalue weighted by molar-refractivity contribution is -0.144. The minimum absolute atomic E-state index is 0.00352. The fraction of sp³-hybridized carbons (Fsp3) is 0.429. The highest BCUT2D eigenvalue weighted by molar-refractivity contribution is 6.32. The van der Waals surface area contributed by atoms with Crippen LogP contribution in [0.25, 0.3) is 0 Å². The molecule has 0 atom stereocenters. The molecule has 2 rings (SSSR count). The van der Waals surface area contributed by atoms with Crippen molar-refractivity contribution in [1.29, 1.82) is 5.26 Å². The third-order valence-corrected chi connectivity index (χ3v) is 3.64. The van der Waals surface area contributed by atoms with E-state index in [1.54, 1.807) is 12.1 Å². The largest absolute Gasteiger partial charge is 0.480 e. The van der Waals surface area contributed by atoms with E-state index in [9.17, 15) is 4.79 Å². The van der Waals surface area contributed by atoms with E-state index in [1.165, 1.54) is 0 Å². The minimum Gasteiger partial charge on any atom is -0.480 e. The number of carboxylic acids is 1. The number of halogens is 1. The second-order valence-corrected chi connectivity index (χ2v) is 5.07. The number of benzene rings is 1. The first-order valence-electron chi connectivity index (χ1n) is 6.38. The van der Waals surface area contributed by atoms with Gasteiger partial charge in [0.2, 0.25) is 0 Å². The van der Waals surface area contributed by atoms with Gasteiger partial charge in [0.25, 0.3) is 0 Å². The zero-order chi connectivity index (χ0) is 14.5. The molecule has 0 aliphatic carbocycles. The predicted molar refractivity (Wildman–Crippen MR) is 75.0 cm³/mol. The third-order valence-electron chi connectivity index (χ3n) is 3.32. The van der Waals surface area contributed by atoms with E-state index in [-0.39, 0.29) is 12.7 Å². The number of hydrogen-bond acceptors (Lipinski definition) is 4. The van der Waals surface area contributed by atoms with Crippen LogP contribution in [-0.4, -0.2) is 36.9 Å². The van der Waals surface area contributed by atoms with Crippen LogP contribution in [0.15, 0.2) is 18.2 Å². The molecule has 1 heterocycles. The minimum atomic E-state index is -0.939. The molecule has 1 aromatic rings. The first-order chi connectivity index (χ1) is 9.60. The number of nitrogens with zero attached hydrogens (tertiary/aromatic N) is 2. The number of carboxylic acid groups (broad SMARTS) is 1. The molecule has 1 N–H and O–H groups in total. The molecular formula is C14H15ClN2O3. The topological polar surface area (TPSA) is 73.6 Å². The number of aliphatic carboxylic acids is 1. The van der Waals surface area contributed by atoms with Gasteiger partial charge >= 0.3 is 5.97 Å². The van der Waals surface area contributed by atoms with E-state index in [1.807, 2.05) is 12.1 Å². The van der Waals surface area contributed by atoms with Crippen molar-refractivity contribution in [3.63, 3.8) is 0 Å². The average molecular weight is 295 g/mol. The third kappa shape index (κ3) is 3.62. The van der Waals surface area contributed by atoms with Crippen molar-refractivity contribution in [1.82, 2.24) is 0 Å². The predicted octanol–water partition coefficient (Wildman–Crippen LogP) is 2.28. The van der Waals surface area contributed by atoms with Crippen molar-refractivity contribution in [3.05, 3.63) is 28.8 Å². The maximum Gasteiger partial charge on any atom is 0.329 e.